The molecule has 1 aromatic carbocycles. The predicted octanol–water partition coefficient (Wildman–Crippen LogP) is 4.17. The molecule has 0 bridgehead atoms. The van der Waals surface area contributed by atoms with Crippen LogP contribution in [0.1, 0.15) is 48.4 Å². The molecule has 0 aliphatic carbocycles. The number of pyridine rings is 1. The van der Waals surface area contributed by atoms with Crippen LogP contribution in [0.5, 0.6) is 5.75 Å². The van der Waals surface area contributed by atoms with Crippen molar-refractivity contribution in [2.24, 2.45) is 5.92 Å². The Bertz CT molecular complexity index is 1030. The summed E-state index contributed by atoms with van der Waals surface area (Å²) < 4.78 is 7.10. The van der Waals surface area contributed by atoms with E-state index in [9.17, 15) is 4.79 Å². The van der Waals surface area contributed by atoms with Gasteiger partial charge in [0.05, 0.1) is 29.4 Å². The minimum absolute atomic E-state index is 0.0939. The van der Waals surface area contributed by atoms with E-state index in [2.05, 4.69) is 13.8 Å². The van der Waals surface area contributed by atoms with Crippen molar-refractivity contribution < 1.29 is 9.53 Å². The molecule has 0 unspecified atom stereocenters. The maximum absolute atomic E-state index is 13.4. The summed E-state index contributed by atoms with van der Waals surface area (Å²) in [5, 5.41) is 5.58. The van der Waals surface area contributed by atoms with Gasteiger partial charge < -0.3 is 9.64 Å². The number of aryl methyl sites for hydroxylation is 2. The van der Waals surface area contributed by atoms with E-state index in [4.69, 9.17) is 14.8 Å². The minimum Gasteiger partial charge on any atom is -0.497 e. The topological polar surface area (TPSA) is 60.2 Å². The van der Waals surface area contributed by atoms with Crippen molar-refractivity contribution in [3.8, 4) is 11.4 Å². The fourth-order valence-corrected chi connectivity index (χ4v) is 3.98. The Morgan fingerprint density at radius 3 is 2.52 bits per heavy atom. The normalized spacial score (nSPS) is 15.1. The first-order chi connectivity index (χ1) is 14.0. The first-order valence-electron chi connectivity index (χ1n) is 10.3. The molecule has 0 spiro atoms. The summed E-state index contributed by atoms with van der Waals surface area (Å²) in [6.45, 7) is 7.90. The molecule has 1 aliphatic heterocycles. The molecule has 0 atom stereocenters. The molecule has 3 aromatic rings. The zero-order valence-electron chi connectivity index (χ0n) is 17.6. The van der Waals surface area contributed by atoms with Crippen molar-refractivity contribution >= 4 is 16.9 Å². The summed E-state index contributed by atoms with van der Waals surface area (Å²) >= 11 is 0. The summed E-state index contributed by atoms with van der Waals surface area (Å²) in [6.07, 6.45) is 2.88. The van der Waals surface area contributed by atoms with E-state index in [-0.39, 0.29) is 5.91 Å². The third-order valence-corrected chi connectivity index (χ3v) is 5.85. The standard InChI is InChI=1S/C23H28N4O2/c1-5-17-14-20(23(28)26-12-10-15(2)11-13-26)21-16(3)25-27(22(21)24-17)18-6-8-19(29-4)9-7-18/h6-9,14-15H,5,10-13H2,1-4H3. The van der Waals surface area contributed by atoms with Crippen LogP contribution in [0.25, 0.3) is 16.7 Å². The third kappa shape index (κ3) is 3.59. The number of carbonyl (C=O) groups is 1. The number of ether oxygens (including phenoxy) is 1. The van der Waals surface area contributed by atoms with Gasteiger partial charge in [-0.05, 0) is 62.4 Å². The smallest absolute Gasteiger partial charge is 0.254 e. The molecule has 29 heavy (non-hydrogen) atoms. The van der Waals surface area contributed by atoms with Crippen molar-refractivity contribution in [3.63, 3.8) is 0 Å². The molecular weight excluding hydrogens is 364 g/mol. The Hall–Kier alpha value is -2.89. The second kappa shape index (κ2) is 7.85. The highest BCUT2D eigenvalue weighted by atomic mass is 16.5. The maximum Gasteiger partial charge on any atom is 0.254 e. The molecule has 0 radical (unpaired) electrons. The lowest BCUT2D eigenvalue weighted by molar-refractivity contribution is 0.0699. The van der Waals surface area contributed by atoms with E-state index in [0.29, 0.717) is 5.92 Å². The Morgan fingerprint density at radius 1 is 1.21 bits per heavy atom. The van der Waals surface area contributed by atoms with Crippen molar-refractivity contribution in [2.75, 3.05) is 20.2 Å². The molecule has 4 rings (SSSR count). The predicted molar refractivity (Wildman–Crippen MR) is 114 cm³/mol. The van der Waals surface area contributed by atoms with Gasteiger partial charge in [0.25, 0.3) is 5.91 Å². The van der Waals surface area contributed by atoms with Crippen molar-refractivity contribution in [2.45, 2.75) is 40.0 Å². The highest BCUT2D eigenvalue weighted by Crippen LogP contribution is 2.28. The van der Waals surface area contributed by atoms with Crippen LogP contribution in [0.3, 0.4) is 0 Å². The Balaban J connectivity index is 1.83. The van der Waals surface area contributed by atoms with Crippen LogP contribution in [0.4, 0.5) is 0 Å². The first-order valence-corrected chi connectivity index (χ1v) is 10.3. The van der Waals surface area contributed by atoms with Crippen molar-refractivity contribution in [3.05, 3.63) is 47.3 Å². The number of aromatic nitrogens is 3. The fraction of sp³-hybridized carbons (Fsp3) is 0.435. The maximum atomic E-state index is 13.4. The van der Waals surface area contributed by atoms with Gasteiger partial charge in [0.1, 0.15) is 5.75 Å². The summed E-state index contributed by atoms with van der Waals surface area (Å²) in [5.74, 6) is 1.57. The van der Waals surface area contributed by atoms with Gasteiger partial charge in [-0.25, -0.2) is 9.67 Å². The summed E-state index contributed by atoms with van der Waals surface area (Å²) in [6, 6.07) is 9.68. The van der Waals surface area contributed by atoms with Gasteiger partial charge >= 0.3 is 0 Å². The average Bonchev–Trinajstić information content (AvgIpc) is 3.09. The quantitative estimate of drug-likeness (QED) is 0.669. The van der Waals surface area contributed by atoms with Crippen LogP contribution in [0, 0.1) is 12.8 Å². The summed E-state index contributed by atoms with van der Waals surface area (Å²) in [4.78, 5) is 20.2. The van der Waals surface area contributed by atoms with Gasteiger partial charge in [-0.15, -0.1) is 0 Å². The van der Waals surface area contributed by atoms with Crippen molar-refractivity contribution in [1.29, 1.82) is 0 Å². The Labute approximate surface area is 171 Å². The Morgan fingerprint density at radius 2 is 1.90 bits per heavy atom. The number of hydrogen-bond acceptors (Lipinski definition) is 4. The lowest BCUT2D eigenvalue weighted by Crippen LogP contribution is -2.38. The van der Waals surface area contributed by atoms with E-state index in [0.717, 1.165) is 71.8 Å². The molecule has 0 saturated carbocycles. The number of likely N-dealkylation sites (tertiary alicyclic amines) is 1. The molecule has 1 fully saturated rings. The summed E-state index contributed by atoms with van der Waals surface area (Å²) in [7, 11) is 1.65. The number of hydrogen-bond donors (Lipinski definition) is 0. The second-order valence-electron chi connectivity index (χ2n) is 7.88. The zero-order chi connectivity index (χ0) is 20.5. The zero-order valence-corrected chi connectivity index (χ0v) is 17.6. The molecule has 6 nitrogen and oxygen atoms in total. The monoisotopic (exact) mass is 392 g/mol. The number of rotatable bonds is 4. The number of nitrogens with zero attached hydrogens (tertiary/aromatic N) is 4. The molecule has 3 heterocycles. The van der Waals surface area contributed by atoms with Gasteiger partial charge in [0.2, 0.25) is 0 Å². The number of piperidine rings is 1. The van der Waals surface area contributed by atoms with E-state index >= 15 is 0 Å². The minimum atomic E-state index is 0.0939. The van der Waals surface area contributed by atoms with Crippen LogP contribution in [-0.2, 0) is 6.42 Å². The highest BCUT2D eigenvalue weighted by Gasteiger charge is 2.26. The van der Waals surface area contributed by atoms with Crippen LogP contribution >= 0.6 is 0 Å². The molecule has 0 N–H and O–H groups in total. The number of benzene rings is 1. The van der Waals surface area contributed by atoms with Crippen LogP contribution in [0.2, 0.25) is 0 Å². The van der Waals surface area contributed by atoms with E-state index < -0.39 is 0 Å². The van der Waals surface area contributed by atoms with Crippen LogP contribution < -0.4 is 4.74 Å². The van der Waals surface area contributed by atoms with Gasteiger partial charge in [-0.3, -0.25) is 4.79 Å². The molecule has 2 aromatic heterocycles. The number of carbonyl (C=O) groups excluding carboxylic acids is 1. The largest absolute Gasteiger partial charge is 0.497 e. The second-order valence-corrected chi connectivity index (χ2v) is 7.88. The Kier molecular flexibility index (Phi) is 5.26. The molecule has 6 heteroatoms. The SMILES string of the molecule is CCc1cc(C(=O)N2CCC(C)CC2)c2c(C)nn(-c3ccc(OC)cc3)c2n1. The molecular formula is C23H28N4O2. The van der Waals surface area contributed by atoms with Crippen LogP contribution in [-0.4, -0.2) is 45.8 Å². The average molecular weight is 393 g/mol. The van der Waals surface area contributed by atoms with Crippen molar-refractivity contribution in [1.82, 2.24) is 19.7 Å². The highest BCUT2D eigenvalue weighted by molar-refractivity contribution is 6.06. The van der Waals surface area contributed by atoms with Crippen LogP contribution in [0.15, 0.2) is 30.3 Å². The van der Waals surface area contributed by atoms with Gasteiger partial charge in [-0.2, -0.15) is 5.10 Å². The lowest BCUT2D eigenvalue weighted by Gasteiger charge is -2.30. The molecule has 1 amide bonds. The van der Waals surface area contributed by atoms with E-state index in [1.807, 2.05) is 46.8 Å². The number of methoxy groups -OCH3 is 1. The summed E-state index contributed by atoms with van der Waals surface area (Å²) in [5.41, 5.74) is 4.08. The molecule has 1 saturated heterocycles. The molecule has 1 aliphatic rings. The fourth-order valence-electron chi connectivity index (χ4n) is 3.98. The van der Waals surface area contributed by atoms with E-state index in [1.54, 1.807) is 7.11 Å². The van der Waals surface area contributed by atoms with Gasteiger partial charge in [0.15, 0.2) is 5.65 Å². The third-order valence-electron chi connectivity index (χ3n) is 5.85. The van der Waals surface area contributed by atoms with E-state index in [1.165, 1.54) is 0 Å². The van der Waals surface area contributed by atoms with Gasteiger partial charge in [0, 0.05) is 18.8 Å². The lowest BCUT2D eigenvalue weighted by atomic mass is 9.98. The first kappa shape index (κ1) is 19.4. The molecule has 152 valence electrons. The number of amides is 1. The number of fused-ring (bicyclic) bond motifs is 1. The van der Waals surface area contributed by atoms with Gasteiger partial charge in [-0.1, -0.05) is 13.8 Å².